The second-order valence-corrected chi connectivity index (χ2v) is 5.17. The fraction of sp³-hybridized carbons (Fsp3) is 0.222. The minimum absolute atomic E-state index is 0.308. The van der Waals surface area contributed by atoms with Gasteiger partial charge in [0.1, 0.15) is 11.6 Å². The summed E-state index contributed by atoms with van der Waals surface area (Å²) in [4.78, 5) is 9.05. The number of aromatic nitrogens is 2. The zero-order valence-electron chi connectivity index (χ0n) is 12.5. The molecule has 0 fully saturated rings. The van der Waals surface area contributed by atoms with E-state index in [1.54, 1.807) is 18.2 Å². The fourth-order valence-corrected chi connectivity index (χ4v) is 2.36. The number of halogens is 1. The van der Waals surface area contributed by atoms with Crippen molar-refractivity contribution in [3.05, 3.63) is 54.3 Å². The van der Waals surface area contributed by atoms with Gasteiger partial charge in [-0.25, -0.2) is 14.4 Å². The van der Waals surface area contributed by atoms with E-state index in [-0.39, 0.29) is 5.82 Å². The topological polar surface area (TPSA) is 37.8 Å². The number of anilines is 1. The maximum absolute atomic E-state index is 14.0. The molecule has 22 heavy (non-hydrogen) atoms. The second-order valence-electron chi connectivity index (χ2n) is 5.17. The van der Waals surface area contributed by atoms with E-state index in [1.165, 1.54) is 6.07 Å². The first kappa shape index (κ1) is 14.4. The summed E-state index contributed by atoms with van der Waals surface area (Å²) < 4.78 is 14.0. The predicted molar refractivity (Wildman–Crippen MR) is 88.3 cm³/mol. The quantitative estimate of drug-likeness (QED) is 0.696. The molecule has 3 nitrogen and oxygen atoms in total. The van der Waals surface area contributed by atoms with Crippen molar-refractivity contribution in [3.63, 3.8) is 0 Å². The third-order valence-electron chi connectivity index (χ3n) is 3.54. The van der Waals surface area contributed by atoms with Crippen molar-refractivity contribution in [2.45, 2.75) is 19.8 Å². The van der Waals surface area contributed by atoms with Crippen LogP contribution >= 0.6 is 0 Å². The molecule has 0 aliphatic rings. The number of rotatable bonds is 5. The zero-order chi connectivity index (χ0) is 15.4. The number of fused-ring (bicyclic) bond motifs is 1. The SMILES string of the molecule is CCCCNc1nc(-c2ccccc2F)nc2ccccc12. The number of para-hydroxylation sites is 1. The molecule has 1 N–H and O–H groups in total. The van der Waals surface area contributed by atoms with Crippen molar-refractivity contribution >= 4 is 16.7 Å². The van der Waals surface area contributed by atoms with Crippen molar-refractivity contribution in [1.82, 2.24) is 9.97 Å². The molecule has 0 radical (unpaired) electrons. The molecule has 1 heterocycles. The highest BCUT2D eigenvalue weighted by Gasteiger charge is 2.11. The van der Waals surface area contributed by atoms with Gasteiger partial charge in [0.05, 0.1) is 11.1 Å². The first-order valence-electron chi connectivity index (χ1n) is 7.55. The summed E-state index contributed by atoms with van der Waals surface area (Å²) in [5.41, 5.74) is 1.24. The van der Waals surface area contributed by atoms with Gasteiger partial charge in [0, 0.05) is 11.9 Å². The predicted octanol–water partition coefficient (Wildman–Crippen LogP) is 4.65. The van der Waals surface area contributed by atoms with Gasteiger partial charge in [-0.1, -0.05) is 37.6 Å². The van der Waals surface area contributed by atoms with Gasteiger partial charge in [-0.3, -0.25) is 0 Å². The first-order chi connectivity index (χ1) is 10.8. The molecule has 1 aromatic heterocycles. The molecule has 0 saturated heterocycles. The number of nitrogens with one attached hydrogen (secondary N) is 1. The van der Waals surface area contributed by atoms with Gasteiger partial charge in [-0.05, 0) is 30.7 Å². The van der Waals surface area contributed by atoms with Crippen LogP contribution in [0.4, 0.5) is 10.2 Å². The molecule has 3 rings (SSSR count). The number of hydrogen-bond donors (Lipinski definition) is 1. The van der Waals surface area contributed by atoms with Crippen LogP contribution < -0.4 is 5.32 Å². The van der Waals surface area contributed by atoms with E-state index in [4.69, 9.17) is 0 Å². The lowest BCUT2D eigenvalue weighted by atomic mass is 10.1. The highest BCUT2D eigenvalue weighted by Crippen LogP contribution is 2.26. The smallest absolute Gasteiger partial charge is 0.165 e. The largest absolute Gasteiger partial charge is 0.369 e. The Morgan fingerprint density at radius 3 is 2.59 bits per heavy atom. The monoisotopic (exact) mass is 295 g/mol. The fourth-order valence-electron chi connectivity index (χ4n) is 2.36. The van der Waals surface area contributed by atoms with E-state index in [2.05, 4.69) is 22.2 Å². The molecule has 0 aliphatic heterocycles. The highest BCUT2D eigenvalue weighted by atomic mass is 19.1. The van der Waals surface area contributed by atoms with E-state index < -0.39 is 0 Å². The van der Waals surface area contributed by atoms with Crippen LogP contribution in [0.25, 0.3) is 22.3 Å². The van der Waals surface area contributed by atoms with Crippen LogP contribution in [0, 0.1) is 5.82 Å². The standard InChI is InChI=1S/C18H18FN3/c1-2-3-12-20-17-14-9-5-7-11-16(14)21-18(22-17)13-8-4-6-10-15(13)19/h4-11H,2-3,12H2,1H3,(H,20,21,22). The second kappa shape index (κ2) is 6.52. The number of benzene rings is 2. The van der Waals surface area contributed by atoms with Crippen molar-refractivity contribution in [3.8, 4) is 11.4 Å². The Morgan fingerprint density at radius 1 is 1.00 bits per heavy atom. The van der Waals surface area contributed by atoms with Gasteiger partial charge >= 0.3 is 0 Å². The Hall–Kier alpha value is -2.49. The summed E-state index contributed by atoms with van der Waals surface area (Å²) >= 11 is 0. The Bertz CT molecular complexity index is 786. The van der Waals surface area contributed by atoms with Crippen molar-refractivity contribution < 1.29 is 4.39 Å². The van der Waals surface area contributed by atoms with Crippen LogP contribution in [-0.4, -0.2) is 16.5 Å². The van der Waals surface area contributed by atoms with Gasteiger partial charge in [0.15, 0.2) is 5.82 Å². The molecule has 112 valence electrons. The maximum Gasteiger partial charge on any atom is 0.165 e. The van der Waals surface area contributed by atoms with Gasteiger partial charge in [0.25, 0.3) is 0 Å². The molecule has 2 aromatic carbocycles. The number of unbranched alkanes of at least 4 members (excludes halogenated alkanes) is 1. The highest BCUT2D eigenvalue weighted by molar-refractivity contribution is 5.90. The van der Waals surface area contributed by atoms with Crippen molar-refractivity contribution in [1.29, 1.82) is 0 Å². The number of nitrogens with zero attached hydrogens (tertiary/aromatic N) is 2. The molecule has 0 atom stereocenters. The van der Waals surface area contributed by atoms with E-state index >= 15 is 0 Å². The number of hydrogen-bond acceptors (Lipinski definition) is 3. The minimum atomic E-state index is -0.308. The van der Waals surface area contributed by atoms with E-state index in [1.807, 2.05) is 24.3 Å². The average molecular weight is 295 g/mol. The Kier molecular flexibility index (Phi) is 4.28. The van der Waals surface area contributed by atoms with Crippen LogP contribution in [0.5, 0.6) is 0 Å². The Morgan fingerprint density at radius 2 is 1.77 bits per heavy atom. The normalized spacial score (nSPS) is 10.8. The molecule has 0 amide bonds. The zero-order valence-corrected chi connectivity index (χ0v) is 12.5. The molecule has 3 aromatic rings. The van der Waals surface area contributed by atoms with Crippen LogP contribution in [0.15, 0.2) is 48.5 Å². The summed E-state index contributed by atoms with van der Waals surface area (Å²) in [6.45, 7) is 2.98. The van der Waals surface area contributed by atoms with Gasteiger partial charge in [-0.15, -0.1) is 0 Å². The van der Waals surface area contributed by atoms with Crippen molar-refractivity contribution in [2.24, 2.45) is 0 Å². The molecule has 4 heteroatoms. The molecular formula is C18H18FN3. The summed E-state index contributed by atoms with van der Waals surface area (Å²) in [6, 6.07) is 14.4. The van der Waals surface area contributed by atoms with Crippen LogP contribution in [-0.2, 0) is 0 Å². The minimum Gasteiger partial charge on any atom is -0.369 e. The molecule has 0 saturated carbocycles. The Labute approximate surface area is 129 Å². The summed E-state index contributed by atoms with van der Waals surface area (Å²) in [7, 11) is 0. The summed E-state index contributed by atoms with van der Waals surface area (Å²) in [5.74, 6) is 0.866. The Balaban J connectivity index is 2.10. The lowest BCUT2D eigenvalue weighted by molar-refractivity contribution is 0.630. The van der Waals surface area contributed by atoms with Gasteiger partial charge in [-0.2, -0.15) is 0 Å². The van der Waals surface area contributed by atoms with Gasteiger partial charge < -0.3 is 5.32 Å². The van der Waals surface area contributed by atoms with Crippen LogP contribution in [0.3, 0.4) is 0 Å². The molecule has 0 bridgehead atoms. The molecule has 0 spiro atoms. The molecule has 0 unspecified atom stereocenters. The van der Waals surface area contributed by atoms with E-state index in [0.29, 0.717) is 11.4 Å². The summed E-state index contributed by atoms with van der Waals surface area (Å²) in [5, 5.41) is 4.30. The van der Waals surface area contributed by atoms with Crippen molar-refractivity contribution in [2.75, 3.05) is 11.9 Å². The first-order valence-corrected chi connectivity index (χ1v) is 7.55. The van der Waals surface area contributed by atoms with E-state index in [9.17, 15) is 4.39 Å². The third-order valence-corrected chi connectivity index (χ3v) is 3.54. The van der Waals surface area contributed by atoms with E-state index in [0.717, 1.165) is 36.1 Å². The lowest BCUT2D eigenvalue weighted by Crippen LogP contribution is -2.05. The van der Waals surface area contributed by atoms with Gasteiger partial charge in [0.2, 0.25) is 0 Å². The average Bonchev–Trinajstić information content (AvgIpc) is 2.55. The molecular weight excluding hydrogens is 277 g/mol. The lowest BCUT2D eigenvalue weighted by Gasteiger charge is -2.11. The van der Waals surface area contributed by atoms with Crippen LogP contribution in [0.2, 0.25) is 0 Å². The maximum atomic E-state index is 14.0. The summed E-state index contributed by atoms with van der Waals surface area (Å²) in [6.07, 6.45) is 2.17. The molecule has 0 aliphatic carbocycles. The van der Waals surface area contributed by atoms with Crippen LogP contribution in [0.1, 0.15) is 19.8 Å². The third kappa shape index (κ3) is 2.91.